The molecule has 27 heavy (non-hydrogen) atoms. The predicted octanol–water partition coefficient (Wildman–Crippen LogP) is 5.75. The van der Waals surface area contributed by atoms with E-state index in [2.05, 4.69) is 20.0 Å². The van der Waals surface area contributed by atoms with E-state index in [4.69, 9.17) is 27.9 Å². The highest BCUT2D eigenvalue weighted by Gasteiger charge is 2.05. The summed E-state index contributed by atoms with van der Waals surface area (Å²) in [6.45, 7) is 2.70. The second-order valence-electron chi connectivity index (χ2n) is 5.74. The number of nitrogens with zero attached hydrogens (tertiary/aromatic N) is 2. The number of aromatic nitrogens is 2. The minimum atomic E-state index is 0.491. The summed E-state index contributed by atoms with van der Waals surface area (Å²) in [6.07, 6.45) is 1.90. The van der Waals surface area contributed by atoms with Crippen molar-refractivity contribution in [2.75, 3.05) is 12.4 Å². The third-order valence-electron chi connectivity index (χ3n) is 3.69. The molecule has 140 valence electrons. The Kier molecular flexibility index (Phi) is 6.55. The van der Waals surface area contributed by atoms with Crippen LogP contribution in [0.1, 0.15) is 18.3 Å². The van der Waals surface area contributed by atoms with Gasteiger partial charge >= 0.3 is 0 Å². The molecule has 5 nitrogen and oxygen atoms in total. The highest BCUT2D eigenvalue weighted by atomic mass is 35.5. The van der Waals surface area contributed by atoms with Gasteiger partial charge in [0.05, 0.1) is 17.2 Å². The van der Waals surface area contributed by atoms with Crippen molar-refractivity contribution in [3.05, 3.63) is 69.6 Å². The first-order valence-electron chi connectivity index (χ1n) is 8.14. The lowest BCUT2D eigenvalue weighted by Gasteiger charge is -2.07. The van der Waals surface area contributed by atoms with Gasteiger partial charge in [-0.15, -0.1) is 0 Å². The maximum absolute atomic E-state index is 6.03. The molecule has 0 spiro atoms. The summed E-state index contributed by atoms with van der Waals surface area (Å²) in [5, 5.41) is 8.21. The van der Waals surface area contributed by atoms with Crippen molar-refractivity contribution in [3.8, 4) is 5.75 Å². The molecule has 2 N–H and O–H groups in total. The van der Waals surface area contributed by atoms with Crippen molar-refractivity contribution >= 4 is 51.6 Å². The van der Waals surface area contributed by atoms with Gasteiger partial charge in [0.25, 0.3) is 0 Å². The quantitative estimate of drug-likeness (QED) is 0.509. The molecule has 0 radical (unpaired) electrons. The topological polar surface area (TPSA) is 59.1 Å². The summed E-state index contributed by atoms with van der Waals surface area (Å²) in [5.74, 6) is 1.49. The summed E-state index contributed by atoms with van der Waals surface area (Å²) in [4.78, 5) is 4.46. The summed E-state index contributed by atoms with van der Waals surface area (Å²) in [7, 11) is 1.66. The Morgan fingerprint density at radius 1 is 1.15 bits per heavy atom. The van der Waals surface area contributed by atoms with E-state index in [1.54, 1.807) is 19.2 Å². The minimum Gasteiger partial charge on any atom is -0.497 e. The maximum Gasteiger partial charge on any atom is 0.207 e. The second-order valence-corrected chi connectivity index (χ2v) is 7.31. The van der Waals surface area contributed by atoms with E-state index < -0.39 is 0 Å². The summed E-state index contributed by atoms with van der Waals surface area (Å²) >= 11 is 13.2. The second kappa shape index (κ2) is 9.08. The molecular formula is C19H18Cl2N4OS. The summed E-state index contributed by atoms with van der Waals surface area (Å²) in [5.41, 5.74) is 2.95. The van der Waals surface area contributed by atoms with Crippen LogP contribution in [0.4, 0.5) is 10.8 Å². The fourth-order valence-corrected chi connectivity index (χ4v) is 3.14. The fraction of sp³-hybridized carbons (Fsp3) is 0.158. The Labute approximate surface area is 172 Å². The third kappa shape index (κ3) is 5.60. The predicted molar refractivity (Wildman–Crippen MR) is 113 cm³/mol. The van der Waals surface area contributed by atoms with Gasteiger partial charge in [0.15, 0.2) is 5.82 Å². The fourth-order valence-electron chi connectivity index (χ4n) is 2.27. The molecule has 0 unspecified atom stereocenters. The third-order valence-corrected chi connectivity index (χ3v) is 5.07. The van der Waals surface area contributed by atoms with E-state index in [0.29, 0.717) is 27.5 Å². The number of benzene rings is 2. The molecule has 8 heteroatoms. The van der Waals surface area contributed by atoms with Crippen LogP contribution < -0.4 is 15.4 Å². The van der Waals surface area contributed by atoms with E-state index >= 15 is 0 Å². The molecular weight excluding hydrogens is 403 g/mol. The Morgan fingerprint density at radius 3 is 2.63 bits per heavy atom. The van der Waals surface area contributed by atoms with Crippen molar-refractivity contribution in [3.63, 3.8) is 0 Å². The van der Waals surface area contributed by atoms with Crippen LogP contribution in [0.15, 0.2) is 48.2 Å². The van der Waals surface area contributed by atoms with Gasteiger partial charge in [0, 0.05) is 35.5 Å². The molecule has 0 bridgehead atoms. The minimum absolute atomic E-state index is 0.491. The molecule has 0 saturated carbocycles. The first kappa shape index (κ1) is 19.5. The Hall–Kier alpha value is -2.28. The van der Waals surface area contributed by atoms with Crippen LogP contribution in [0, 0.1) is 0 Å². The number of halogens is 2. The number of hydrogen-bond donors (Lipinski definition) is 2. The average molecular weight is 421 g/mol. The van der Waals surface area contributed by atoms with Crippen molar-refractivity contribution in [2.24, 2.45) is 0 Å². The molecule has 0 amide bonds. The zero-order valence-corrected chi connectivity index (χ0v) is 17.1. The molecule has 1 heterocycles. The smallest absolute Gasteiger partial charge is 0.207 e. The molecule has 0 aliphatic heterocycles. The molecule has 0 fully saturated rings. The van der Waals surface area contributed by atoms with Gasteiger partial charge in [0.2, 0.25) is 5.13 Å². The van der Waals surface area contributed by atoms with E-state index in [0.717, 1.165) is 22.7 Å². The van der Waals surface area contributed by atoms with Crippen LogP contribution >= 0.6 is 34.7 Å². The number of nitrogens with one attached hydrogen (secondary N) is 2. The average Bonchev–Trinajstić information content (AvgIpc) is 3.10. The van der Waals surface area contributed by atoms with Crippen molar-refractivity contribution in [1.82, 2.24) is 14.7 Å². The first-order chi connectivity index (χ1) is 13.0. The lowest BCUT2D eigenvalue weighted by atomic mass is 10.2. The number of methoxy groups -OCH3 is 1. The summed E-state index contributed by atoms with van der Waals surface area (Å²) < 4.78 is 9.51. The van der Waals surface area contributed by atoms with E-state index in [-0.39, 0.29) is 0 Å². The Bertz CT molecular complexity index is 941. The first-order valence-corrected chi connectivity index (χ1v) is 9.67. The van der Waals surface area contributed by atoms with Crippen molar-refractivity contribution < 1.29 is 4.74 Å². The maximum atomic E-state index is 6.03. The number of ether oxygens (including phenoxy) is 1. The van der Waals surface area contributed by atoms with Crippen molar-refractivity contribution in [2.45, 2.75) is 13.5 Å². The van der Waals surface area contributed by atoms with E-state index in [1.165, 1.54) is 11.5 Å². The summed E-state index contributed by atoms with van der Waals surface area (Å²) in [6, 6.07) is 13.3. The van der Waals surface area contributed by atoms with Gasteiger partial charge in [-0.3, -0.25) is 0 Å². The van der Waals surface area contributed by atoms with Crippen LogP contribution in [0.2, 0.25) is 10.0 Å². The molecule has 3 rings (SSSR count). The normalized spacial score (nSPS) is 11.3. The molecule has 2 aromatic carbocycles. The number of rotatable bonds is 7. The molecule has 3 aromatic rings. The van der Waals surface area contributed by atoms with Gasteiger partial charge in [-0.1, -0.05) is 35.3 Å². The highest BCUT2D eigenvalue weighted by molar-refractivity contribution is 7.09. The van der Waals surface area contributed by atoms with Gasteiger partial charge in [-0.2, -0.15) is 9.36 Å². The van der Waals surface area contributed by atoms with Crippen molar-refractivity contribution in [1.29, 1.82) is 0 Å². The lowest BCUT2D eigenvalue weighted by molar-refractivity contribution is 0.414. The van der Waals surface area contributed by atoms with E-state index in [1.807, 2.05) is 43.3 Å². The van der Waals surface area contributed by atoms with Crippen LogP contribution in [-0.2, 0) is 6.54 Å². The SMILES string of the molecule is COc1ccc(CNC(C)=Cc2nsc(Nc3ccc(Cl)c(Cl)c3)n2)cc1. The van der Waals surface area contributed by atoms with E-state index in [9.17, 15) is 0 Å². The lowest BCUT2D eigenvalue weighted by Crippen LogP contribution is -2.10. The standard InChI is InChI=1S/C19H18Cl2N4OS/c1-12(22-11-13-3-6-15(26-2)7-4-13)9-18-24-19(27-25-18)23-14-5-8-16(20)17(21)10-14/h3-10,22H,11H2,1-2H3,(H,23,24,25). The van der Waals surface area contributed by atoms with Crippen LogP contribution in [0.5, 0.6) is 5.75 Å². The molecule has 1 aromatic heterocycles. The zero-order chi connectivity index (χ0) is 19.2. The number of hydrogen-bond acceptors (Lipinski definition) is 6. The van der Waals surface area contributed by atoms with Crippen LogP contribution in [0.25, 0.3) is 6.08 Å². The number of anilines is 2. The zero-order valence-electron chi connectivity index (χ0n) is 14.8. The molecule has 0 aliphatic rings. The molecule has 0 atom stereocenters. The van der Waals surface area contributed by atoms with Crippen LogP contribution in [-0.4, -0.2) is 16.5 Å². The van der Waals surface area contributed by atoms with Gasteiger partial charge < -0.3 is 15.4 Å². The van der Waals surface area contributed by atoms with Crippen LogP contribution in [0.3, 0.4) is 0 Å². The monoisotopic (exact) mass is 420 g/mol. The Morgan fingerprint density at radius 2 is 1.93 bits per heavy atom. The Balaban J connectivity index is 1.58. The largest absolute Gasteiger partial charge is 0.497 e. The highest BCUT2D eigenvalue weighted by Crippen LogP contribution is 2.27. The van der Waals surface area contributed by atoms with Gasteiger partial charge in [0.1, 0.15) is 5.75 Å². The van der Waals surface area contributed by atoms with Gasteiger partial charge in [-0.25, -0.2) is 0 Å². The van der Waals surface area contributed by atoms with Gasteiger partial charge in [-0.05, 0) is 42.8 Å². The number of allylic oxidation sites excluding steroid dienone is 1. The molecule has 0 saturated heterocycles. The molecule has 0 aliphatic carbocycles.